The Morgan fingerprint density at radius 1 is 1.05 bits per heavy atom. The lowest BCUT2D eigenvalue weighted by molar-refractivity contribution is 0.625. The molecule has 2 N–H and O–H groups in total. The highest BCUT2D eigenvalue weighted by Gasteiger charge is 2.11. The van der Waals surface area contributed by atoms with Crippen molar-refractivity contribution >= 4 is 5.69 Å². The van der Waals surface area contributed by atoms with Gasteiger partial charge in [-0.1, -0.05) is 30.3 Å². The second-order valence-electron chi connectivity index (χ2n) is 4.02. The summed E-state index contributed by atoms with van der Waals surface area (Å²) in [6.45, 7) is 0. The number of hydrogen-bond donors (Lipinski definition) is 1. The number of hydrogen-bond acceptors (Lipinski definition) is 4. The molecule has 1 aromatic heterocycles. The minimum Gasteiger partial charge on any atom is -0.399 e. The molecular weight excluding hydrogens is 245 g/mol. The van der Waals surface area contributed by atoms with Gasteiger partial charge in [-0.3, -0.25) is 0 Å². The van der Waals surface area contributed by atoms with Crippen LogP contribution in [0.1, 0.15) is 0 Å². The third kappa shape index (κ3) is 2.15. The third-order valence-electron chi connectivity index (χ3n) is 2.65. The lowest BCUT2D eigenvalue weighted by atomic mass is 10.2. The summed E-state index contributed by atoms with van der Waals surface area (Å²) in [6, 6.07) is 13.6. The van der Waals surface area contributed by atoms with E-state index in [0.717, 1.165) is 5.56 Å². The molecule has 19 heavy (non-hydrogen) atoms. The first-order valence-electron chi connectivity index (χ1n) is 5.64. The Balaban J connectivity index is 2.15. The number of halogens is 1. The van der Waals surface area contributed by atoms with Crippen LogP contribution in [0.25, 0.3) is 17.1 Å². The van der Waals surface area contributed by atoms with Crippen molar-refractivity contribution in [1.82, 2.24) is 20.2 Å². The van der Waals surface area contributed by atoms with Crippen LogP contribution in [-0.4, -0.2) is 20.2 Å². The van der Waals surface area contributed by atoms with Crippen molar-refractivity contribution in [3.05, 3.63) is 54.3 Å². The fourth-order valence-corrected chi connectivity index (χ4v) is 1.85. The Bertz CT molecular complexity index is 688. The fraction of sp³-hybridized carbons (Fsp3) is 0. The Hall–Kier alpha value is -2.76. The predicted molar refractivity (Wildman–Crippen MR) is 69.0 cm³/mol. The van der Waals surface area contributed by atoms with E-state index >= 15 is 0 Å². The summed E-state index contributed by atoms with van der Waals surface area (Å²) in [6.07, 6.45) is 0. The van der Waals surface area contributed by atoms with Gasteiger partial charge in [-0.25, -0.2) is 4.39 Å². The first-order chi connectivity index (χ1) is 9.24. The molecule has 0 saturated carbocycles. The zero-order chi connectivity index (χ0) is 13.2. The molecule has 0 aliphatic carbocycles. The van der Waals surface area contributed by atoms with E-state index in [-0.39, 0.29) is 0 Å². The first-order valence-corrected chi connectivity index (χ1v) is 5.64. The molecule has 1 heterocycles. The second kappa shape index (κ2) is 4.49. The lowest BCUT2D eigenvalue weighted by Gasteiger charge is -2.05. The van der Waals surface area contributed by atoms with E-state index in [1.165, 1.54) is 16.8 Å². The van der Waals surface area contributed by atoms with Gasteiger partial charge in [0.15, 0.2) is 5.82 Å². The number of nitrogens with zero attached hydrogens (tertiary/aromatic N) is 4. The van der Waals surface area contributed by atoms with Gasteiger partial charge in [0.25, 0.3) is 0 Å². The van der Waals surface area contributed by atoms with Gasteiger partial charge in [0.1, 0.15) is 5.82 Å². The minimum atomic E-state index is -0.426. The maximum atomic E-state index is 13.4. The summed E-state index contributed by atoms with van der Waals surface area (Å²) in [7, 11) is 0. The maximum Gasteiger partial charge on any atom is 0.187 e. The van der Waals surface area contributed by atoms with Gasteiger partial charge >= 0.3 is 0 Å². The molecule has 3 rings (SSSR count). The normalized spacial score (nSPS) is 10.6. The van der Waals surface area contributed by atoms with E-state index in [4.69, 9.17) is 5.73 Å². The van der Waals surface area contributed by atoms with E-state index in [2.05, 4.69) is 15.5 Å². The molecule has 2 aromatic carbocycles. The number of nitrogen functional groups attached to an aromatic ring is 1. The molecule has 0 radical (unpaired) electrons. The van der Waals surface area contributed by atoms with Gasteiger partial charge in [0.05, 0.1) is 5.69 Å². The van der Waals surface area contributed by atoms with Crippen LogP contribution in [0.5, 0.6) is 0 Å². The average molecular weight is 255 g/mol. The number of anilines is 1. The van der Waals surface area contributed by atoms with Gasteiger partial charge in [0, 0.05) is 11.3 Å². The van der Waals surface area contributed by atoms with Crippen LogP contribution in [0.3, 0.4) is 0 Å². The fourth-order valence-electron chi connectivity index (χ4n) is 1.85. The molecule has 94 valence electrons. The van der Waals surface area contributed by atoms with Crippen LogP contribution >= 0.6 is 0 Å². The van der Waals surface area contributed by atoms with Gasteiger partial charge in [-0.15, -0.1) is 5.10 Å². The van der Waals surface area contributed by atoms with Gasteiger partial charge < -0.3 is 5.73 Å². The van der Waals surface area contributed by atoms with Crippen LogP contribution in [0.4, 0.5) is 10.1 Å². The molecule has 0 spiro atoms. The number of aromatic nitrogens is 4. The highest BCUT2D eigenvalue weighted by Crippen LogP contribution is 2.21. The van der Waals surface area contributed by atoms with Crippen LogP contribution in [0, 0.1) is 5.82 Å². The Morgan fingerprint density at radius 3 is 2.58 bits per heavy atom. The van der Waals surface area contributed by atoms with Crippen LogP contribution in [0.15, 0.2) is 48.5 Å². The number of benzene rings is 2. The summed E-state index contributed by atoms with van der Waals surface area (Å²) in [5.41, 5.74) is 7.29. The minimum absolute atomic E-state index is 0.324. The van der Waals surface area contributed by atoms with Gasteiger partial charge in [0.2, 0.25) is 0 Å². The molecule has 6 heteroatoms. The van der Waals surface area contributed by atoms with Crippen molar-refractivity contribution in [2.45, 2.75) is 0 Å². The first kappa shape index (κ1) is 11.3. The Morgan fingerprint density at radius 2 is 1.84 bits per heavy atom. The number of nitrogens with two attached hydrogens (primary N) is 1. The van der Waals surface area contributed by atoms with Crippen LogP contribution < -0.4 is 5.73 Å². The van der Waals surface area contributed by atoms with E-state index in [1.54, 1.807) is 6.07 Å². The maximum absolute atomic E-state index is 13.4. The largest absolute Gasteiger partial charge is 0.399 e. The number of tetrazole rings is 1. The monoisotopic (exact) mass is 255 g/mol. The highest BCUT2D eigenvalue weighted by atomic mass is 19.1. The molecule has 0 saturated heterocycles. The second-order valence-corrected chi connectivity index (χ2v) is 4.02. The molecule has 0 atom stereocenters. The smallest absolute Gasteiger partial charge is 0.187 e. The summed E-state index contributed by atoms with van der Waals surface area (Å²) in [5.74, 6) is 0.107. The molecule has 3 aromatic rings. The van der Waals surface area contributed by atoms with Crippen LogP contribution in [0.2, 0.25) is 0 Å². The molecule has 0 aliphatic heterocycles. The van der Waals surface area contributed by atoms with E-state index < -0.39 is 5.82 Å². The molecule has 0 amide bonds. The third-order valence-corrected chi connectivity index (χ3v) is 2.65. The average Bonchev–Trinajstić information content (AvgIpc) is 2.88. The van der Waals surface area contributed by atoms with E-state index in [1.807, 2.05) is 30.3 Å². The topological polar surface area (TPSA) is 69.6 Å². The lowest BCUT2D eigenvalue weighted by Crippen LogP contribution is -2.01. The van der Waals surface area contributed by atoms with Crippen molar-refractivity contribution in [1.29, 1.82) is 0 Å². The molecule has 0 unspecified atom stereocenters. The molecular formula is C13H10FN5. The van der Waals surface area contributed by atoms with Crippen molar-refractivity contribution in [2.24, 2.45) is 0 Å². The number of rotatable bonds is 2. The quantitative estimate of drug-likeness (QED) is 0.711. The zero-order valence-electron chi connectivity index (χ0n) is 9.86. The van der Waals surface area contributed by atoms with Crippen molar-refractivity contribution in [2.75, 3.05) is 5.73 Å². The van der Waals surface area contributed by atoms with E-state index in [9.17, 15) is 4.39 Å². The zero-order valence-corrected chi connectivity index (χ0v) is 9.86. The summed E-state index contributed by atoms with van der Waals surface area (Å²) >= 11 is 0. The molecule has 0 fully saturated rings. The molecule has 0 aliphatic rings. The summed E-state index contributed by atoms with van der Waals surface area (Å²) in [5, 5.41) is 11.5. The summed E-state index contributed by atoms with van der Waals surface area (Å²) < 4.78 is 14.8. The molecule has 5 nitrogen and oxygen atoms in total. The SMILES string of the molecule is Nc1cc(F)cc(-n2nnnc2-c2ccccc2)c1. The van der Waals surface area contributed by atoms with Crippen molar-refractivity contribution < 1.29 is 4.39 Å². The highest BCUT2D eigenvalue weighted by molar-refractivity contribution is 5.58. The van der Waals surface area contributed by atoms with Gasteiger partial charge in [-0.05, 0) is 28.6 Å². The van der Waals surface area contributed by atoms with Gasteiger partial charge in [-0.2, -0.15) is 4.68 Å². The Kier molecular flexibility index (Phi) is 2.68. The van der Waals surface area contributed by atoms with Crippen molar-refractivity contribution in [3.8, 4) is 17.1 Å². The molecule has 0 bridgehead atoms. The van der Waals surface area contributed by atoms with E-state index in [0.29, 0.717) is 17.2 Å². The Labute approximate surface area is 108 Å². The standard InChI is InChI=1S/C13H10FN5/c14-10-6-11(15)8-12(7-10)19-13(16-17-18-19)9-4-2-1-3-5-9/h1-8H,15H2. The predicted octanol–water partition coefficient (Wildman–Crippen LogP) is 2.05. The van der Waals surface area contributed by atoms with Crippen LogP contribution in [-0.2, 0) is 0 Å². The summed E-state index contributed by atoms with van der Waals surface area (Å²) in [4.78, 5) is 0. The van der Waals surface area contributed by atoms with Crippen molar-refractivity contribution in [3.63, 3.8) is 0 Å².